The molecule has 0 bridgehead atoms. The third-order valence-corrected chi connectivity index (χ3v) is 3.43. The number of aliphatic carboxylic acids is 1. The number of carboxylic acid groups (broad SMARTS) is 1. The van der Waals surface area contributed by atoms with E-state index >= 15 is 0 Å². The minimum atomic E-state index is -1.28. The van der Waals surface area contributed by atoms with Crippen LogP contribution in [-0.2, 0) is 11.4 Å². The van der Waals surface area contributed by atoms with Gasteiger partial charge in [-0.05, 0) is 12.1 Å². The second-order valence-electron chi connectivity index (χ2n) is 5.18. The van der Waals surface area contributed by atoms with Crippen LogP contribution in [0.25, 0.3) is 10.9 Å². The number of carbonyl (C=O) groups excluding carboxylic acids is 1. The molecule has 2 heterocycles. The number of amides is 1. The SMILES string of the molecule is O=C(O)CNC(=O)c1c(O)c2ccc(OCc3ncco3)cc2[nH]c1=O. The van der Waals surface area contributed by atoms with Gasteiger partial charge in [0.25, 0.3) is 11.5 Å². The number of fused-ring (bicyclic) bond motifs is 1. The highest BCUT2D eigenvalue weighted by atomic mass is 16.5. The molecule has 0 radical (unpaired) electrons. The fraction of sp³-hybridized carbons (Fsp3) is 0.125. The highest BCUT2D eigenvalue weighted by Gasteiger charge is 2.20. The first kappa shape index (κ1) is 17.0. The van der Waals surface area contributed by atoms with Crippen LogP contribution in [0.1, 0.15) is 16.2 Å². The Morgan fingerprint density at radius 1 is 1.35 bits per heavy atom. The number of aromatic hydroxyl groups is 1. The summed E-state index contributed by atoms with van der Waals surface area (Å²) in [5.41, 5.74) is -1.18. The molecule has 0 atom stereocenters. The van der Waals surface area contributed by atoms with Gasteiger partial charge >= 0.3 is 5.97 Å². The summed E-state index contributed by atoms with van der Waals surface area (Å²) in [6.07, 6.45) is 2.89. The molecule has 2 aromatic heterocycles. The minimum absolute atomic E-state index is 0.0738. The normalized spacial score (nSPS) is 10.6. The van der Waals surface area contributed by atoms with Gasteiger partial charge in [0.15, 0.2) is 6.61 Å². The summed E-state index contributed by atoms with van der Waals surface area (Å²) in [5.74, 6) is -2.06. The van der Waals surface area contributed by atoms with Gasteiger partial charge in [-0.1, -0.05) is 0 Å². The number of aromatic nitrogens is 2. The molecule has 0 aliphatic heterocycles. The van der Waals surface area contributed by atoms with E-state index in [-0.39, 0.29) is 17.5 Å². The van der Waals surface area contributed by atoms with Crippen molar-refractivity contribution in [2.45, 2.75) is 6.61 Å². The van der Waals surface area contributed by atoms with E-state index in [1.54, 1.807) is 0 Å². The first-order chi connectivity index (χ1) is 12.5. The number of ether oxygens (including phenoxy) is 1. The number of pyridine rings is 1. The van der Waals surface area contributed by atoms with Crippen molar-refractivity contribution in [2.24, 2.45) is 0 Å². The van der Waals surface area contributed by atoms with Crippen LogP contribution in [0, 0.1) is 0 Å². The predicted molar refractivity (Wildman–Crippen MR) is 87.0 cm³/mol. The molecular formula is C16H13N3O7. The molecule has 0 saturated heterocycles. The largest absolute Gasteiger partial charge is 0.506 e. The van der Waals surface area contributed by atoms with Gasteiger partial charge in [0.05, 0.1) is 11.7 Å². The van der Waals surface area contributed by atoms with Crippen molar-refractivity contribution in [3.63, 3.8) is 0 Å². The summed E-state index contributed by atoms with van der Waals surface area (Å²) in [5, 5.41) is 21.1. The number of hydrogen-bond donors (Lipinski definition) is 4. The molecule has 10 heteroatoms. The fourth-order valence-corrected chi connectivity index (χ4v) is 2.27. The van der Waals surface area contributed by atoms with Gasteiger partial charge in [-0.25, -0.2) is 4.98 Å². The van der Waals surface area contributed by atoms with Gasteiger partial charge in [-0.2, -0.15) is 0 Å². The van der Waals surface area contributed by atoms with Crippen LogP contribution in [0.4, 0.5) is 0 Å². The first-order valence-corrected chi connectivity index (χ1v) is 7.36. The zero-order valence-corrected chi connectivity index (χ0v) is 13.2. The molecular weight excluding hydrogens is 346 g/mol. The van der Waals surface area contributed by atoms with E-state index in [0.29, 0.717) is 11.6 Å². The molecule has 1 aromatic carbocycles. The van der Waals surface area contributed by atoms with Crippen LogP contribution >= 0.6 is 0 Å². The number of oxazole rings is 1. The summed E-state index contributed by atoms with van der Waals surface area (Å²) in [4.78, 5) is 40.9. The summed E-state index contributed by atoms with van der Waals surface area (Å²) in [6, 6.07) is 4.46. The average Bonchev–Trinajstić information content (AvgIpc) is 3.11. The number of aromatic amines is 1. The second-order valence-corrected chi connectivity index (χ2v) is 5.18. The molecule has 0 unspecified atom stereocenters. The van der Waals surface area contributed by atoms with Crippen LogP contribution in [0.2, 0.25) is 0 Å². The number of hydrogen-bond acceptors (Lipinski definition) is 7. The van der Waals surface area contributed by atoms with Crippen molar-refractivity contribution in [3.05, 3.63) is 52.5 Å². The monoisotopic (exact) mass is 359 g/mol. The number of carbonyl (C=O) groups is 2. The van der Waals surface area contributed by atoms with E-state index in [1.165, 1.54) is 30.7 Å². The van der Waals surface area contributed by atoms with E-state index in [0.717, 1.165) is 0 Å². The molecule has 3 rings (SSSR count). The first-order valence-electron chi connectivity index (χ1n) is 7.36. The predicted octanol–water partition coefficient (Wildman–Crippen LogP) is 0.615. The van der Waals surface area contributed by atoms with Crippen molar-refractivity contribution in [1.82, 2.24) is 15.3 Å². The molecule has 134 valence electrons. The van der Waals surface area contributed by atoms with Gasteiger partial charge in [0.2, 0.25) is 5.89 Å². The van der Waals surface area contributed by atoms with E-state index in [1.807, 2.05) is 5.32 Å². The lowest BCUT2D eigenvalue weighted by molar-refractivity contribution is -0.135. The van der Waals surface area contributed by atoms with Crippen LogP contribution < -0.4 is 15.6 Å². The number of carboxylic acids is 1. The van der Waals surface area contributed by atoms with Crippen LogP contribution in [0.5, 0.6) is 11.5 Å². The van der Waals surface area contributed by atoms with Gasteiger partial charge < -0.3 is 29.7 Å². The van der Waals surface area contributed by atoms with Gasteiger partial charge in [0, 0.05) is 11.5 Å². The summed E-state index contributed by atoms with van der Waals surface area (Å²) in [7, 11) is 0. The van der Waals surface area contributed by atoms with Crippen molar-refractivity contribution in [2.75, 3.05) is 6.54 Å². The number of rotatable bonds is 6. The Kier molecular flexibility index (Phi) is 4.56. The number of nitrogens with zero attached hydrogens (tertiary/aromatic N) is 1. The summed E-state index contributed by atoms with van der Waals surface area (Å²) < 4.78 is 10.5. The maximum atomic E-state index is 12.1. The highest BCUT2D eigenvalue weighted by molar-refractivity contribution is 6.03. The maximum Gasteiger partial charge on any atom is 0.322 e. The number of nitrogens with one attached hydrogen (secondary N) is 2. The standard InChI is InChI=1S/C16H13N3O7/c20-12(21)6-18-15(23)13-14(22)9-2-1-8(5-10(9)19-16(13)24)26-7-11-17-3-4-25-11/h1-5H,6-7H2,(H,18,23)(H,20,21)(H2,19,22,24). The highest BCUT2D eigenvalue weighted by Crippen LogP contribution is 2.28. The third kappa shape index (κ3) is 3.48. The Hall–Kier alpha value is -3.82. The van der Waals surface area contributed by atoms with Crippen molar-refractivity contribution >= 4 is 22.8 Å². The van der Waals surface area contributed by atoms with E-state index in [9.17, 15) is 19.5 Å². The average molecular weight is 359 g/mol. The lowest BCUT2D eigenvalue weighted by Gasteiger charge is -2.09. The molecule has 0 aliphatic rings. The lowest BCUT2D eigenvalue weighted by Crippen LogP contribution is -2.33. The lowest BCUT2D eigenvalue weighted by atomic mass is 10.1. The Morgan fingerprint density at radius 3 is 2.85 bits per heavy atom. The van der Waals surface area contributed by atoms with Crippen molar-refractivity contribution < 1.29 is 29.0 Å². The smallest absolute Gasteiger partial charge is 0.322 e. The van der Waals surface area contributed by atoms with Crippen molar-refractivity contribution in [1.29, 1.82) is 0 Å². The Morgan fingerprint density at radius 2 is 2.15 bits per heavy atom. The second kappa shape index (κ2) is 6.97. The summed E-state index contributed by atoms with van der Waals surface area (Å²) >= 11 is 0. The summed E-state index contributed by atoms with van der Waals surface area (Å²) in [6.45, 7) is -0.603. The molecule has 1 amide bonds. The minimum Gasteiger partial charge on any atom is -0.506 e. The topological polar surface area (TPSA) is 155 Å². The number of H-pyrrole nitrogens is 1. The molecule has 0 fully saturated rings. The molecule has 3 aromatic rings. The van der Waals surface area contributed by atoms with Gasteiger partial charge in [-0.15, -0.1) is 0 Å². The van der Waals surface area contributed by atoms with Crippen LogP contribution in [0.15, 0.2) is 39.9 Å². The number of benzene rings is 1. The van der Waals surface area contributed by atoms with Crippen LogP contribution in [-0.4, -0.2) is 38.6 Å². The van der Waals surface area contributed by atoms with Gasteiger partial charge in [0.1, 0.15) is 29.9 Å². The van der Waals surface area contributed by atoms with Crippen molar-refractivity contribution in [3.8, 4) is 11.5 Å². The third-order valence-electron chi connectivity index (χ3n) is 3.43. The molecule has 10 nitrogen and oxygen atoms in total. The Labute approximate surface area is 145 Å². The van der Waals surface area contributed by atoms with Crippen LogP contribution in [0.3, 0.4) is 0 Å². The van der Waals surface area contributed by atoms with E-state index < -0.39 is 35.3 Å². The molecule has 4 N–H and O–H groups in total. The molecule has 0 aliphatic carbocycles. The Bertz CT molecular complexity index is 1020. The quantitative estimate of drug-likeness (QED) is 0.499. The van der Waals surface area contributed by atoms with E-state index in [4.69, 9.17) is 14.3 Å². The maximum absolute atomic E-state index is 12.1. The fourth-order valence-electron chi connectivity index (χ4n) is 2.27. The zero-order chi connectivity index (χ0) is 18.7. The van der Waals surface area contributed by atoms with Gasteiger partial charge in [-0.3, -0.25) is 14.4 Å². The van der Waals surface area contributed by atoms with E-state index in [2.05, 4.69) is 9.97 Å². The molecule has 0 saturated carbocycles. The molecule has 0 spiro atoms. The molecule has 26 heavy (non-hydrogen) atoms. The Balaban J connectivity index is 1.89. The zero-order valence-electron chi connectivity index (χ0n) is 13.2.